The van der Waals surface area contributed by atoms with Gasteiger partial charge in [-0.1, -0.05) is 24.3 Å². The van der Waals surface area contributed by atoms with Gasteiger partial charge in [-0.2, -0.15) is 0 Å². The summed E-state index contributed by atoms with van der Waals surface area (Å²) in [5.74, 6) is 1.43. The average molecular weight is 243 g/mol. The molecule has 1 N–H and O–H groups in total. The Morgan fingerprint density at radius 3 is 2.56 bits per heavy atom. The highest BCUT2D eigenvalue weighted by Gasteiger charge is 2.04. The SMILES string of the molecule is CNCCOc1cnc(-c2ccccc2C)nc1. The summed E-state index contributed by atoms with van der Waals surface area (Å²) >= 11 is 0. The molecule has 0 saturated carbocycles. The maximum atomic E-state index is 5.48. The van der Waals surface area contributed by atoms with Gasteiger partial charge in [-0.05, 0) is 19.5 Å². The number of nitrogens with one attached hydrogen (secondary N) is 1. The Kier molecular flexibility index (Phi) is 4.25. The van der Waals surface area contributed by atoms with E-state index >= 15 is 0 Å². The molecule has 2 rings (SSSR count). The van der Waals surface area contributed by atoms with E-state index in [1.807, 2.05) is 25.2 Å². The van der Waals surface area contributed by atoms with E-state index in [0.29, 0.717) is 12.4 Å². The lowest BCUT2D eigenvalue weighted by Gasteiger charge is -2.06. The van der Waals surface area contributed by atoms with Crippen molar-refractivity contribution in [2.45, 2.75) is 6.92 Å². The number of aromatic nitrogens is 2. The molecular weight excluding hydrogens is 226 g/mol. The van der Waals surface area contributed by atoms with Gasteiger partial charge in [0, 0.05) is 12.1 Å². The van der Waals surface area contributed by atoms with Crippen LogP contribution in [0.4, 0.5) is 0 Å². The molecule has 0 atom stereocenters. The molecule has 4 nitrogen and oxygen atoms in total. The quantitative estimate of drug-likeness (QED) is 0.816. The molecule has 1 aromatic carbocycles. The van der Waals surface area contributed by atoms with E-state index in [2.05, 4.69) is 28.3 Å². The van der Waals surface area contributed by atoms with Gasteiger partial charge in [-0.3, -0.25) is 0 Å². The predicted octanol–water partition coefficient (Wildman–Crippen LogP) is 2.05. The monoisotopic (exact) mass is 243 g/mol. The van der Waals surface area contributed by atoms with E-state index in [-0.39, 0.29) is 0 Å². The Morgan fingerprint density at radius 1 is 1.17 bits per heavy atom. The third-order valence-electron chi connectivity index (χ3n) is 2.63. The summed E-state index contributed by atoms with van der Waals surface area (Å²) in [4.78, 5) is 8.66. The first kappa shape index (κ1) is 12.5. The van der Waals surface area contributed by atoms with E-state index in [0.717, 1.165) is 17.9 Å². The highest BCUT2D eigenvalue weighted by molar-refractivity contribution is 5.59. The number of rotatable bonds is 5. The highest BCUT2D eigenvalue weighted by atomic mass is 16.5. The molecule has 4 heteroatoms. The highest BCUT2D eigenvalue weighted by Crippen LogP contribution is 2.19. The molecule has 94 valence electrons. The zero-order valence-electron chi connectivity index (χ0n) is 10.7. The van der Waals surface area contributed by atoms with Gasteiger partial charge >= 0.3 is 0 Å². The minimum Gasteiger partial charge on any atom is -0.489 e. The van der Waals surface area contributed by atoms with Crippen LogP contribution >= 0.6 is 0 Å². The zero-order valence-corrected chi connectivity index (χ0v) is 10.7. The minimum atomic E-state index is 0.615. The Hall–Kier alpha value is -1.94. The van der Waals surface area contributed by atoms with Gasteiger partial charge in [0.25, 0.3) is 0 Å². The summed E-state index contributed by atoms with van der Waals surface area (Å²) in [7, 11) is 1.89. The van der Waals surface area contributed by atoms with Gasteiger partial charge in [0.1, 0.15) is 6.61 Å². The third kappa shape index (κ3) is 3.05. The van der Waals surface area contributed by atoms with Gasteiger partial charge in [0.2, 0.25) is 0 Å². The second kappa shape index (κ2) is 6.12. The van der Waals surface area contributed by atoms with Crippen LogP contribution in [0, 0.1) is 6.92 Å². The van der Waals surface area contributed by atoms with Crippen LogP contribution in [0.25, 0.3) is 11.4 Å². The van der Waals surface area contributed by atoms with Gasteiger partial charge in [-0.25, -0.2) is 9.97 Å². The summed E-state index contributed by atoms with van der Waals surface area (Å²) in [6.07, 6.45) is 3.43. The van der Waals surface area contributed by atoms with E-state index in [1.165, 1.54) is 5.56 Å². The molecule has 0 fully saturated rings. The largest absolute Gasteiger partial charge is 0.489 e. The number of nitrogens with zero attached hydrogens (tertiary/aromatic N) is 2. The number of hydrogen-bond acceptors (Lipinski definition) is 4. The number of aryl methyl sites for hydroxylation is 1. The Labute approximate surface area is 107 Å². The number of hydrogen-bond donors (Lipinski definition) is 1. The van der Waals surface area contributed by atoms with Crippen molar-refractivity contribution in [1.29, 1.82) is 0 Å². The van der Waals surface area contributed by atoms with Gasteiger partial charge in [-0.15, -0.1) is 0 Å². The molecule has 0 aliphatic heterocycles. The van der Waals surface area contributed by atoms with E-state index in [9.17, 15) is 0 Å². The van der Waals surface area contributed by atoms with Crippen molar-refractivity contribution >= 4 is 0 Å². The van der Waals surface area contributed by atoms with Crippen molar-refractivity contribution in [2.75, 3.05) is 20.2 Å². The van der Waals surface area contributed by atoms with Crippen LogP contribution in [0.2, 0.25) is 0 Å². The smallest absolute Gasteiger partial charge is 0.159 e. The molecule has 0 aliphatic carbocycles. The van der Waals surface area contributed by atoms with E-state index < -0.39 is 0 Å². The molecule has 1 aromatic heterocycles. The van der Waals surface area contributed by atoms with E-state index in [4.69, 9.17) is 4.74 Å². The van der Waals surface area contributed by atoms with Crippen LogP contribution in [0.1, 0.15) is 5.56 Å². The molecule has 0 aliphatic rings. The maximum absolute atomic E-state index is 5.48. The maximum Gasteiger partial charge on any atom is 0.159 e. The lowest BCUT2D eigenvalue weighted by molar-refractivity contribution is 0.316. The molecule has 2 aromatic rings. The predicted molar refractivity (Wildman–Crippen MR) is 71.6 cm³/mol. The molecule has 18 heavy (non-hydrogen) atoms. The van der Waals surface area contributed by atoms with Crippen molar-refractivity contribution in [3.8, 4) is 17.1 Å². The fourth-order valence-electron chi connectivity index (χ4n) is 1.62. The Bertz CT molecular complexity index is 497. The van der Waals surface area contributed by atoms with Crippen molar-refractivity contribution in [2.24, 2.45) is 0 Å². The van der Waals surface area contributed by atoms with Crippen molar-refractivity contribution < 1.29 is 4.74 Å². The second-order valence-corrected chi connectivity index (χ2v) is 4.01. The molecule has 0 amide bonds. The molecule has 0 spiro atoms. The zero-order chi connectivity index (χ0) is 12.8. The summed E-state index contributed by atoms with van der Waals surface area (Å²) in [6, 6.07) is 8.07. The Morgan fingerprint density at radius 2 is 1.89 bits per heavy atom. The number of likely N-dealkylation sites (N-methyl/N-ethyl adjacent to an activating group) is 1. The normalized spacial score (nSPS) is 10.3. The van der Waals surface area contributed by atoms with Gasteiger partial charge in [0.15, 0.2) is 11.6 Å². The van der Waals surface area contributed by atoms with Crippen molar-refractivity contribution in [3.05, 3.63) is 42.2 Å². The molecule has 0 radical (unpaired) electrons. The van der Waals surface area contributed by atoms with Crippen LogP contribution in [-0.4, -0.2) is 30.2 Å². The fraction of sp³-hybridized carbons (Fsp3) is 0.286. The lowest BCUT2D eigenvalue weighted by Crippen LogP contribution is -2.16. The number of benzene rings is 1. The summed E-state index contributed by atoms with van der Waals surface area (Å²) in [5.41, 5.74) is 2.22. The summed E-state index contributed by atoms with van der Waals surface area (Å²) in [6.45, 7) is 3.47. The second-order valence-electron chi connectivity index (χ2n) is 4.01. The van der Waals surface area contributed by atoms with Gasteiger partial charge in [0.05, 0.1) is 12.4 Å². The molecular formula is C14H17N3O. The van der Waals surface area contributed by atoms with Crippen molar-refractivity contribution in [1.82, 2.24) is 15.3 Å². The molecule has 0 saturated heterocycles. The standard InChI is InChI=1S/C14H17N3O/c1-11-5-3-4-6-13(11)14-16-9-12(10-17-14)18-8-7-15-2/h3-6,9-10,15H,7-8H2,1-2H3. The topological polar surface area (TPSA) is 47.0 Å². The third-order valence-corrected chi connectivity index (χ3v) is 2.63. The molecule has 0 bridgehead atoms. The van der Waals surface area contributed by atoms with Crippen LogP contribution in [0.15, 0.2) is 36.7 Å². The summed E-state index contributed by atoms with van der Waals surface area (Å²) in [5, 5.41) is 3.02. The fourth-order valence-corrected chi connectivity index (χ4v) is 1.62. The number of ether oxygens (including phenoxy) is 1. The first-order valence-corrected chi connectivity index (χ1v) is 5.96. The minimum absolute atomic E-state index is 0.615. The lowest BCUT2D eigenvalue weighted by atomic mass is 10.1. The van der Waals surface area contributed by atoms with E-state index in [1.54, 1.807) is 12.4 Å². The molecule has 0 unspecified atom stereocenters. The average Bonchev–Trinajstić information content (AvgIpc) is 2.41. The van der Waals surface area contributed by atoms with Crippen LogP contribution in [0.3, 0.4) is 0 Å². The molecule has 1 heterocycles. The van der Waals surface area contributed by atoms with Gasteiger partial charge < -0.3 is 10.1 Å². The van der Waals surface area contributed by atoms with Crippen molar-refractivity contribution in [3.63, 3.8) is 0 Å². The first-order chi connectivity index (χ1) is 8.81. The first-order valence-electron chi connectivity index (χ1n) is 5.96. The van der Waals surface area contributed by atoms with Crippen LogP contribution in [0.5, 0.6) is 5.75 Å². The summed E-state index contributed by atoms with van der Waals surface area (Å²) < 4.78 is 5.48. The Balaban J connectivity index is 2.10. The van der Waals surface area contributed by atoms with Crippen LogP contribution in [-0.2, 0) is 0 Å². The van der Waals surface area contributed by atoms with Crippen LogP contribution < -0.4 is 10.1 Å².